The van der Waals surface area contributed by atoms with E-state index in [1.807, 2.05) is 6.07 Å². The van der Waals surface area contributed by atoms with Crippen molar-refractivity contribution < 1.29 is 18.7 Å². The summed E-state index contributed by atoms with van der Waals surface area (Å²) >= 11 is 3.10. The van der Waals surface area contributed by atoms with E-state index in [9.17, 15) is 4.79 Å². The summed E-state index contributed by atoms with van der Waals surface area (Å²) in [5.41, 5.74) is 0.414. The van der Waals surface area contributed by atoms with Crippen molar-refractivity contribution in [3.05, 3.63) is 46.3 Å². The Balaban J connectivity index is 2.24. The molecular formula is C13H8BrNO4. The minimum Gasteiger partial charge on any atom is -0.493 e. The molecule has 1 heterocycles. The van der Waals surface area contributed by atoms with Gasteiger partial charge in [-0.25, -0.2) is 4.79 Å². The molecule has 0 amide bonds. The smallest absolute Gasteiger partial charge is 0.379 e. The SMILES string of the molecule is COc1cc(C#N)ccc1OC(=O)c1ccc(Br)o1. The van der Waals surface area contributed by atoms with Crippen LogP contribution in [0.3, 0.4) is 0 Å². The average molecular weight is 322 g/mol. The molecule has 19 heavy (non-hydrogen) atoms. The average Bonchev–Trinajstić information content (AvgIpc) is 2.86. The number of benzene rings is 1. The first-order valence-corrected chi connectivity index (χ1v) is 5.99. The van der Waals surface area contributed by atoms with Crippen molar-refractivity contribution in [3.8, 4) is 17.6 Å². The molecule has 5 nitrogen and oxygen atoms in total. The third-order valence-electron chi connectivity index (χ3n) is 2.27. The van der Waals surface area contributed by atoms with Crippen molar-refractivity contribution in [1.82, 2.24) is 0 Å². The van der Waals surface area contributed by atoms with E-state index in [0.717, 1.165) is 0 Å². The maximum atomic E-state index is 11.8. The van der Waals surface area contributed by atoms with Gasteiger partial charge in [-0.1, -0.05) is 0 Å². The van der Waals surface area contributed by atoms with Crippen LogP contribution in [0.25, 0.3) is 0 Å². The first-order chi connectivity index (χ1) is 9.13. The van der Waals surface area contributed by atoms with Gasteiger partial charge < -0.3 is 13.9 Å². The molecule has 2 aromatic rings. The van der Waals surface area contributed by atoms with Crippen LogP contribution in [-0.2, 0) is 0 Å². The lowest BCUT2D eigenvalue weighted by Gasteiger charge is -2.08. The third-order valence-corrected chi connectivity index (χ3v) is 2.70. The number of carbonyl (C=O) groups excluding carboxylic acids is 1. The van der Waals surface area contributed by atoms with Gasteiger partial charge in [-0.3, -0.25) is 0 Å². The molecule has 0 atom stereocenters. The van der Waals surface area contributed by atoms with Crippen LogP contribution >= 0.6 is 15.9 Å². The molecule has 0 saturated carbocycles. The molecule has 0 aliphatic rings. The van der Waals surface area contributed by atoms with Crippen LogP contribution in [0.15, 0.2) is 39.4 Å². The Morgan fingerprint density at radius 1 is 1.32 bits per heavy atom. The number of carbonyl (C=O) groups is 1. The van der Waals surface area contributed by atoms with Crippen LogP contribution in [-0.4, -0.2) is 13.1 Å². The molecule has 0 bridgehead atoms. The number of nitriles is 1. The van der Waals surface area contributed by atoms with Gasteiger partial charge in [0.25, 0.3) is 0 Å². The number of furan rings is 1. The van der Waals surface area contributed by atoms with Gasteiger partial charge in [0.15, 0.2) is 16.2 Å². The Morgan fingerprint density at radius 2 is 2.11 bits per heavy atom. The minimum absolute atomic E-state index is 0.0679. The number of esters is 1. The molecule has 2 rings (SSSR count). The van der Waals surface area contributed by atoms with E-state index in [2.05, 4.69) is 15.9 Å². The molecule has 0 radical (unpaired) electrons. The predicted molar refractivity (Wildman–Crippen MR) is 69.1 cm³/mol. The van der Waals surface area contributed by atoms with Crippen LogP contribution in [0.5, 0.6) is 11.5 Å². The summed E-state index contributed by atoms with van der Waals surface area (Å²) in [6.45, 7) is 0. The Labute approximate surface area is 117 Å². The zero-order chi connectivity index (χ0) is 13.8. The third kappa shape index (κ3) is 2.95. The molecule has 0 aliphatic heterocycles. The first-order valence-electron chi connectivity index (χ1n) is 5.19. The second-order valence-electron chi connectivity index (χ2n) is 3.47. The van der Waals surface area contributed by atoms with Gasteiger partial charge in [-0.05, 0) is 40.2 Å². The van der Waals surface area contributed by atoms with Crippen molar-refractivity contribution >= 4 is 21.9 Å². The quantitative estimate of drug-likeness (QED) is 0.641. The Hall–Kier alpha value is -2.26. The number of rotatable bonds is 3. The van der Waals surface area contributed by atoms with Gasteiger partial charge in [0, 0.05) is 6.07 Å². The fraction of sp³-hybridized carbons (Fsp3) is 0.0769. The molecule has 0 unspecified atom stereocenters. The summed E-state index contributed by atoms with van der Waals surface area (Å²) < 4.78 is 15.7. The number of methoxy groups -OCH3 is 1. The molecule has 0 spiro atoms. The fourth-order valence-electron chi connectivity index (χ4n) is 1.40. The summed E-state index contributed by atoms with van der Waals surface area (Å²) in [6.07, 6.45) is 0. The van der Waals surface area contributed by atoms with Crippen molar-refractivity contribution in [1.29, 1.82) is 5.26 Å². The Kier molecular flexibility index (Phi) is 3.88. The maximum absolute atomic E-state index is 11.8. The van der Waals surface area contributed by atoms with Crippen molar-refractivity contribution in [2.24, 2.45) is 0 Å². The fourth-order valence-corrected chi connectivity index (χ4v) is 1.70. The lowest BCUT2D eigenvalue weighted by Crippen LogP contribution is -2.08. The zero-order valence-electron chi connectivity index (χ0n) is 9.84. The van der Waals surface area contributed by atoms with E-state index in [1.165, 1.54) is 31.4 Å². The first kappa shape index (κ1) is 13.2. The highest BCUT2D eigenvalue weighted by Crippen LogP contribution is 2.29. The van der Waals surface area contributed by atoms with Gasteiger partial charge in [-0.2, -0.15) is 5.26 Å². The lowest BCUT2D eigenvalue weighted by molar-refractivity contribution is 0.0695. The minimum atomic E-state index is -0.645. The van der Waals surface area contributed by atoms with Gasteiger partial charge in [0.05, 0.1) is 18.7 Å². The predicted octanol–water partition coefficient (Wildman–Crippen LogP) is 3.14. The largest absolute Gasteiger partial charge is 0.493 e. The normalized spacial score (nSPS) is 9.74. The molecule has 0 saturated heterocycles. The molecular weight excluding hydrogens is 314 g/mol. The van der Waals surface area contributed by atoms with E-state index in [-0.39, 0.29) is 11.5 Å². The molecule has 0 fully saturated rings. The van der Waals surface area contributed by atoms with Crippen LogP contribution in [0, 0.1) is 11.3 Å². The van der Waals surface area contributed by atoms with Gasteiger partial charge >= 0.3 is 5.97 Å². The van der Waals surface area contributed by atoms with E-state index >= 15 is 0 Å². The van der Waals surface area contributed by atoms with Crippen molar-refractivity contribution in [2.45, 2.75) is 0 Å². The van der Waals surface area contributed by atoms with Gasteiger partial charge in [0.1, 0.15) is 0 Å². The number of halogens is 1. The maximum Gasteiger partial charge on any atom is 0.379 e. The topological polar surface area (TPSA) is 72.5 Å². The number of hydrogen-bond donors (Lipinski definition) is 0. The molecule has 0 N–H and O–H groups in total. The highest BCUT2D eigenvalue weighted by Gasteiger charge is 2.16. The van der Waals surface area contributed by atoms with Crippen LogP contribution in [0.1, 0.15) is 16.1 Å². The second kappa shape index (κ2) is 5.59. The molecule has 1 aromatic carbocycles. The highest BCUT2D eigenvalue weighted by molar-refractivity contribution is 9.10. The van der Waals surface area contributed by atoms with Crippen LogP contribution in [0.2, 0.25) is 0 Å². The number of nitrogens with zero attached hydrogens (tertiary/aromatic N) is 1. The summed E-state index contributed by atoms with van der Waals surface area (Å²) in [7, 11) is 1.43. The molecule has 6 heteroatoms. The van der Waals surface area contributed by atoms with E-state index in [4.69, 9.17) is 19.2 Å². The van der Waals surface area contributed by atoms with Gasteiger partial charge in [-0.15, -0.1) is 0 Å². The lowest BCUT2D eigenvalue weighted by atomic mass is 10.2. The van der Waals surface area contributed by atoms with E-state index < -0.39 is 5.97 Å². The summed E-state index contributed by atoms with van der Waals surface area (Å²) in [5, 5.41) is 8.78. The van der Waals surface area contributed by atoms with E-state index in [1.54, 1.807) is 6.07 Å². The van der Waals surface area contributed by atoms with Crippen molar-refractivity contribution in [3.63, 3.8) is 0 Å². The number of hydrogen-bond acceptors (Lipinski definition) is 5. The molecule has 1 aromatic heterocycles. The Bertz CT molecular complexity index is 657. The van der Waals surface area contributed by atoms with Crippen LogP contribution < -0.4 is 9.47 Å². The van der Waals surface area contributed by atoms with E-state index in [0.29, 0.717) is 16.0 Å². The number of ether oxygens (including phenoxy) is 2. The summed E-state index contributed by atoms with van der Waals surface area (Å²) in [4.78, 5) is 11.8. The summed E-state index contributed by atoms with van der Waals surface area (Å²) in [6, 6.07) is 9.56. The monoisotopic (exact) mass is 321 g/mol. The molecule has 96 valence electrons. The van der Waals surface area contributed by atoms with Crippen LogP contribution in [0.4, 0.5) is 0 Å². The summed E-state index contributed by atoms with van der Waals surface area (Å²) in [5.74, 6) is -0.0518. The van der Waals surface area contributed by atoms with Crippen molar-refractivity contribution in [2.75, 3.05) is 7.11 Å². The highest BCUT2D eigenvalue weighted by atomic mass is 79.9. The molecule has 0 aliphatic carbocycles. The van der Waals surface area contributed by atoms with Gasteiger partial charge in [0.2, 0.25) is 5.76 Å². The standard InChI is InChI=1S/C13H8BrNO4/c1-17-11-6-8(7-15)2-3-9(11)19-13(16)10-4-5-12(14)18-10/h2-6H,1H3. The Morgan fingerprint density at radius 3 is 2.68 bits per heavy atom. The second-order valence-corrected chi connectivity index (χ2v) is 4.25. The zero-order valence-corrected chi connectivity index (χ0v) is 11.4.